The summed E-state index contributed by atoms with van der Waals surface area (Å²) in [5, 5.41) is 3.15. The predicted molar refractivity (Wildman–Crippen MR) is 89.5 cm³/mol. The van der Waals surface area contributed by atoms with E-state index in [1.807, 2.05) is 13.0 Å². The van der Waals surface area contributed by atoms with Gasteiger partial charge in [0.25, 0.3) is 5.91 Å². The molecule has 2 aliphatic rings. The van der Waals surface area contributed by atoms with Crippen LogP contribution in [0.25, 0.3) is 11.2 Å². The number of imidazole rings is 1. The van der Waals surface area contributed by atoms with Crippen LogP contribution in [-0.2, 0) is 13.0 Å². The van der Waals surface area contributed by atoms with E-state index < -0.39 is 0 Å². The molecule has 1 saturated carbocycles. The van der Waals surface area contributed by atoms with Gasteiger partial charge in [-0.1, -0.05) is 6.42 Å². The van der Waals surface area contributed by atoms with Crippen molar-refractivity contribution in [1.29, 1.82) is 0 Å². The van der Waals surface area contributed by atoms with E-state index in [1.54, 1.807) is 0 Å². The van der Waals surface area contributed by atoms with Gasteiger partial charge in [-0.05, 0) is 51.5 Å². The minimum Gasteiger partial charge on any atom is -0.349 e. The molecule has 0 saturated heterocycles. The Kier molecular flexibility index (Phi) is 3.58. The van der Waals surface area contributed by atoms with Crippen molar-refractivity contribution in [3.8, 4) is 0 Å². The van der Waals surface area contributed by atoms with Crippen LogP contribution in [0.1, 0.15) is 60.9 Å². The molecule has 4 rings (SSSR count). The number of rotatable bonds is 3. The maximum absolute atomic E-state index is 12.7. The number of carbonyl (C=O) groups is 1. The molecule has 23 heavy (non-hydrogen) atoms. The van der Waals surface area contributed by atoms with Gasteiger partial charge in [-0.25, -0.2) is 9.97 Å². The van der Waals surface area contributed by atoms with Gasteiger partial charge < -0.3 is 9.88 Å². The first-order valence-electron chi connectivity index (χ1n) is 8.81. The Hall–Kier alpha value is -1.91. The molecule has 3 heterocycles. The molecule has 0 aromatic carbocycles. The summed E-state index contributed by atoms with van der Waals surface area (Å²) in [5.74, 6) is 1.73. The minimum atomic E-state index is -0.00633. The van der Waals surface area contributed by atoms with Crippen LogP contribution in [0.15, 0.2) is 6.07 Å². The molecule has 0 unspecified atom stereocenters. The summed E-state index contributed by atoms with van der Waals surface area (Å²) < 4.78 is 2.22. The van der Waals surface area contributed by atoms with E-state index in [0.717, 1.165) is 42.1 Å². The number of aromatic nitrogens is 3. The summed E-state index contributed by atoms with van der Waals surface area (Å²) in [6, 6.07) is 2.12. The monoisotopic (exact) mass is 312 g/mol. The molecule has 122 valence electrons. The number of carbonyl (C=O) groups excluding carboxylic acids is 1. The van der Waals surface area contributed by atoms with E-state index in [-0.39, 0.29) is 11.9 Å². The Morgan fingerprint density at radius 3 is 2.91 bits per heavy atom. The number of nitrogens with one attached hydrogen (secondary N) is 1. The van der Waals surface area contributed by atoms with Crippen LogP contribution in [0.3, 0.4) is 0 Å². The van der Waals surface area contributed by atoms with Gasteiger partial charge in [0.15, 0.2) is 5.65 Å². The Morgan fingerprint density at radius 1 is 1.30 bits per heavy atom. The van der Waals surface area contributed by atoms with Crippen molar-refractivity contribution in [1.82, 2.24) is 19.9 Å². The van der Waals surface area contributed by atoms with Gasteiger partial charge in [-0.15, -0.1) is 0 Å². The Labute approximate surface area is 136 Å². The second kappa shape index (κ2) is 5.62. The third kappa shape index (κ3) is 2.73. The van der Waals surface area contributed by atoms with Gasteiger partial charge in [-0.2, -0.15) is 0 Å². The lowest BCUT2D eigenvalue weighted by atomic mass is 10.1. The maximum atomic E-state index is 12.7. The number of aryl methyl sites for hydroxylation is 3. The van der Waals surface area contributed by atoms with Gasteiger partial charge in [0.1, 0.15) is 11.3 Å². The first-order valence-corrected chi connectivity index (χ1v) is 8.81. The van der Waals surface area contributed by atoms with E-state index in [9.17, 15) is 4.79 Å². The summed E-state index contributed by atoms with van der Waals surface area (Å²) in [4.78, 5) is 22.2. The second-order valence-electron chi connectivity index (χ2n) is 7.07. The molecule has 2 aromatic heterocycles. The highest BCUT2D eigenvalue weighted by atomic mass is 16.1. The molecular weight excluding hydrogens is 288 g/mol. The van der Waals surface area contributed by atoms with Crippen molar-refractivity contribution in [3.05, 3.63) is 23.1 Å². The minimum absolute atomic E-state index is 0.00633. The van der Waals surface area contributed by atoms with Crippen LogP contribution < -0.4 is 5.32 Å². The lowest BCUT2D eigenvalue weighted by Crippen LogP contribution is -2.34. The summed E-state index contributed by atoms with van der Waals surface area (Å²) in [5.41, 5.74) is 3.22. The molecule has 2 aromatic rings. The molecular formula is C18H24N4O. The Bertz CT molecular complexity index is 760. The normalized spacial score (nSPS) is 19.2. The molecule has 1 fully saturated rings. The largest absolute Gasteiger partial charge is 0.349 e. The lowest BCUT2D eigenvalue weighted by Gasteiger charge is -2.13. The molecule has 1 aliphatic carbocycles. The molecule has 0 radical (unpaired) electrons. The molecule has 1 atom stereocenters. The topological polar surface area (TPSA) is 59.8 Å². The average molecular weight is 312 g/mol. The fourth-order valence-corrected chi connectivity index (χ4v) is 3.59. The van der Waals surface area contributed by atoms with Gasteiger partial charge in [-0.3, -0.25) is 4.79 Å². The van der Waals surface area contributed by atoms with Crippen LogP contribution in [0, 0.1) is 12.8 Å². The lowest BCUT2D eigenvalue weighted by molar-refractivity contribution is 0.0937. The van der Waals surface area contributed by atoms with Crippen molar-refractivity contribution < 1.29 is 4.79 Å². The molecule has 1 amide bonds. The van der Waals surface area contributed by atoms with Crippen LogP contribution in [0.5, 0.6) is 0 Å². The highest BCUT2D eigenvalue weighted by Gasteiger charge is 2.30. The van der Waals surface area contributed by atoms with Gasteiger partial charge in [0, 0.05) is 24.7 Å². The first kappa shape index (κ1) is 14.7. The van der Waals surface area contributed by atoms with Crippen molar-refractivity contribution in [2.75, 3.05) is 0 Å². The Balaban J connectivity index is 1.75. The molecule has 5 nitrogen and oxygen atoms in total. The number of amides is 1. The summed E-state index contributed by atoms with van der Waals surface area (Å²) in [6.07, 6.45) is 7.00. The van der Waals surface area contributed by atoms with Gasteiger partial charge in [0.05, 0.1) is 5.56 Å². The highest BCUT2D eigenvalue weighted by molar-refractivity contribution is 6.04. The molecule has 1 aliphatic heterocycles. The smallest absolute Gasteiger partial charge is 0.253 e. The number of hydrogen-bond donors (Lipinski definition) is 1. The van der Waals surface area contributed by atoms with Crippen LogP contribution in [-0.4, -0.2) is 26.5 Å². The summed E-state index contributed by atoms with van der Waals surface area (Å²) in [7, 11) is 0. The summed E-state index contributed by atoms with van der Waals surface area (Å²) >= 11 is 0. The van der Waals surface area contributed by atoms with E-state index >= 15 is 0 Å². The summed E-state index contributed by atoms with van der Waals surface area (Å²) in [6.45, 7) is 5.02. The highest BCUT2D eigenvalue weighted by Crippen LogP contribution is 2.32. The van der Waals surface area contributed by atoms with Crippen molar-refractivity contribution >= 4 is 17.1 Å². The van der Waals surface area contributed by atoms with Crippen LogP contribution in [0.4, 0.5) is 0 Å². The molecule has 0 bridgehead atoms. The molecule has 0 spiro atoms. The van der Waals surface area contributed by atoms with E-state index in [0.29, 0.717) is 11.5 Å². The quantitative estimate of drug-likeness (QED) is 0.948. The van der Waals surface area contributed by atoms with Crippen LogP contribution in [0.2, 0.25) is 0 Å². The second-order valence-corrected chi connectivity index (χ2v) is 7.07. The van der Waals surface area contributed by atoms with E-state index in [4.69, 9.17) is 4.98 Å². The van der Waals surface area contributed by atoms with Gasteiger partial charge >= 0.3 is 0 Å². The number of nitrogens with zero attached hydrogens (tertiary/aromatic N) is 3. The molecule has 5 heteroatoms. The van der Waals surface area contributed by atoms with Crippen molar-refractivity contribution in [3.63, 3.8) is 0 Å². The van der Waals surface area contributed by atoms with E-state index in [1.165, 1.54) is 25.7 Å². The third-order valence-corrected chi connectivity index (χ3v) is 5.13. The SMILES string of the molecule is Cc1cc(C(=O)N[C@H](C)C2CC2)c2nc3n(c2n1)CCCCC3. The van der Waals surface area contributed by atoms with Crippen molar-refractivity contribution in [2.24, 2.45) is 5.92 Å². The fourth-order valence-electron chi connectivity index (χ4n) is 3.59. The zero-order valence-corrected chi connectivity index (χ0v) is 13.9. The Morgan fingerprint density at radius 2 is 2.13 bits per heavy atom. The fraction of sp³-hybridized carbons (Fsp3) is 0.611. The standard InChI is InChI=1S/C18H24N4O/c1-11-10-14(18(23)20-12(2)13-7-8-13)16-17(19-11)22-9-5-3-4-6-15(22)21-16/h10,12-13H,3-9H2,1-2H3,(H,20,23)/t12-/m1/s1. The van der Waals surface area contributed by atoms with Crippen molar-refractivity contribution in [2.45, 2.75) is 65.0 Å². The third-order valence-electron chi connectivity index (χ3n) is 5.13. The first-order chi connectivity index (χ1) is 11.1. The van der Waals surface area contributed by atoms with Gasteiger partial charge in [0.2, 0.25) is 0 Å². The zero-order valence-electron chi connectivity index (χ0n) is 13.9. The number of fused-ring (bicyclic) bond motifs is 3. The number of hydrogen-bond acceptors (Lipinski definition) is 3. The molecule has 1 N–H and O–H groups in total. The average Bonchev–Trinajstić information content (AvgIpc) is 3.33. The maximum Gasteiger partial charge on any atom is 0.253 e. The van der Waals surface area contributed by atoms with Crippen LogP contribution >= 0.6 is 0 Å². The zero-order chi connectivity index (χ0) is 16.0. The predicted octanol–water partition coefficient (Wildman–Crippen LogP) is 2.99. The van der Waals surface area contributed by atoms with E-state index in [2.05, 4.69) is 21.8 Å². The number of pyridine rings is 1.